The second-order valence-corrected chi connectivity index (χ2v) is 5.72. The number of nitrogens with two attached hydrogens (primary N) is 1. The van der Waals surface area contributed by atoms with Gasteiger partial charge in [0.05, 0.1) is 5.56 Å². The zero-order chi connectivity index (χ0) is 17.1. The van der Waals surface area contributed by atoms with E-state index in [-0.39, 0.29) is 12.1 Å². The first-order valence-corrected chi connectivity index (χ1v) is 6.49. The van der Waals surface area contributed by atoms with E-state index in [1.807, 2.05) is 0 Å². The number of carbonyl (C=O) groups is 1. The maximum absolute atomic E-state index is 13.0. The molecular weight excluding hydrogens is 304 g/mol. The summed E-state index contributed by atoms with van der Waals surface area (Å²) in [6.45, 7) is 4.67. The molecule has 1 aromatic rings. The normalized spacial score (nSPS) is 13.6. The molecule has 3 N–H and O–H groups in total. The molecule has 1 atom stereocenters. The Labute approximate surface area is 125 Å². The molecular formula is C14H18F4N2O2. The highest BCUT2D eigenvalue weighted by molar-refractivity contribution is 5.67. The van der Waals surface area contributed by atoms with Gasteiger partial charge in [-0.1, -0.05) is 6.07 Å². The second kappa shape index (κ2) is 6.51. The molecule has 0 radical (unpaired) electrons. The van der Waals surface area contributed by atoms with Gasteiger partial charge in [-0.15, -0.1) is 0 Å². The molecule has 0 saturated carbocycles. The van der Waals surface area contributed by atoms with Gasteiger partial charge in [0, 0.05) is 12.6 Å². The Morgan fingerprint density at radius 3 is 2.41 bits per heavy atom. The molecule has 0 spiro atoms. The van der Waals surface area contributed by atoms with Crippen LogP contribution in [0.1, 0.15) is 37.9 Å². The van der Waals surface area contributed by atoms with E-state index >= 15 is 0 Å². The van der Waals surface area contributed by atoms with Crippen molar-refractivity contribution in [3.8, 4) is 0 Å². The fourth-order valence-electron chi connectivity index (χ4n) is 1.71. The molecule has 1 rings (SSSR count). The molecule has 0 fully saturated rings. The van der Waals surface area contributed by atoms with Crippen LogP contribution in [0, 0.1) is 5.82 Å². The summed E-state index contributed by atoms with van der Waals surface area (Å²) < 4.78 is 56.6. The monoisotopic (exact) mass is 322 g/mol. The first kappa shape index (κ1) is 18.2. The van der Waals surface area contributed by atoms with Crippen molar-refractivity contribution in [1.82, 2.24) is 5.32 Å². The molecule has 0 aliphatic heterocycles. The number of ether oxygens (including phenoxy) is 1. The summed E-state index contributed by atoms with van der Waals surface area (Å²) in [5.41, 5.74) is 3.46. The Hall–Kier alpha value is -1.83. The standard InChI is InChI=1S/C14H18F4N2O2/c1-13(2,3)22-12(21)20-7-11(19)9-5-4-8(15)6-10(9)14(16,17)18/h4-6,11H,7,19H2,1-3H3,(H,20,21). The fourth-order valence-corrected chi connectivity index (χ4v) is 1.71. The lowest BCUT2D eigenvalue weighted by Gasteiger charge is -2.22. The summed E-state index contributed by atoms with van der Waals surface area (Å²) in [7, 11) is 0. The second-order valence-electron chi connectivity index (χ2n) is 5.72. The molecule has 8 heteroatoms. The summed E-state index contributed by atoms with van der Waals surface area (Å²) in [4.78, 5) is 11.5. The predicted molar refractivity (Wildman–Crippen MR) is 72.6 cm³/mol. The molecule has 0 aliphatic carbocycles. The SMILES string of the molecule is CC(C)(C)OC(=O)NCC(N)c1ccc(F)cc1C(F)(F)F. The van der Waals surface area contributed by atoms with Crippen LogP contribution in [0.15, 0.2) is 18.2 Å². The Kier molecular flexibility index (Phi) is 5.39. The van der Waals surface area contributed by atoms with Gasteiger partial charge in [-0.05, 0) is 38.5 Å². The van der Waals surface area contributed by atoms with Crippen molar-refractivity contribution in [2.24, 2.45) is 5.73 Å². The van der Waals surface area contributed by atoms with Gasteiger partial charge < -0.3 is 15.8 Å². The van der Waals surface area contributed by atoms with Crippen LogP contribution in [0.3, 0.4) is 0 Å². The summed E-state index contributed by atoms with van der Waals surface area (Å²) in [5.74, 6) is -1.01. The highest BCUT2D eigenvalue weighted by atomic mass is 19.4. The van der Waals surface area contributed by atoms with Crippen LogP contribution in [0.4, 0.5) is 22.4 Å². The van der Waals surface area contributed by atoms with Gasteiger partial charge in [0.15, 0.2) is 0 Å². The average molecular weight is 322 g/mol. The fraction of sp³-hybridized carbons (Fsp3) is 0.500. The molecule has 1 amide bonds. The summed E-state index contributed by atoms with van der Waals surface area (Å²) in [6.07, 6.45) is -5.53. The van der Waals surface area contributed by atoms with E-state index in [1.54, 1.807) is 20.8 Å². The highest BCUT2D eigenvalue weighted by Gasteiger charge is 2.35. The molecule has 1 unspecified atom stereocenters. The zero-order valence-electron chi connectivity index (χ0n) is 12.4. The predicted octanol–water partition coefficient (Wildman–Crippen LogP) is 3.37. The van der Waals surface area contributed by atoms with E-state index < -0.39 is 35.3 Å². The number of amides is 1. The van der Waals surface area contributed by atoms with Gasteiger partial charge in [-0.3, -0.25) is 0 Å². The zero-order valence-corrected chi connectivity index (χ0v) is 12.4. The third-order valence-corrected chi connectivity index (χ3v) is 2.59. The van der Waals surface area contributed by atoms with E-state index in [4.69, 9.17) is 10.5 Å². The smallest absolute Gasteiger partial charge is 0.416 e. The number of carbonyl (C=O) groups excluding carboxylic acids is 1. The van der Waals surface area contributed by atoms with E-state index in [9.17, 15) is 22.4 Å². The number of halogens is 4. The van der Waals surface area contributed by atoms with Crippen LogP contribution in [-0.2, 0) is 10.9 Å². The number of hydrogen-bond donors (Lipinski definition) is 2. The minimum atomic E-state index is -4.74. The van der Waals surface area contributed by atoms with Crippen molar-refractivity contribution in [2.75, 3.05) is 6.54 Å². The highest BCUT2D eigenvalue weighted by Crippen LogP contribution is 2.34. The molecule has 0 heterocycles. The van der Waals surface area contributed by atoms with Crippen LogP contribution in [0.25, 0.3) is 0 Å². The summed E-state index contributed by atoms with van der Waals surface area (Å²) in [6, 6.07) is 1.07. The lowest BCUT2D eigenvalue weighted by Crippen LogP contribution is -2.37. The molecule has 0 saturated heterocycles. The van der Waals surface area contributed by atoms with Crippen LogP contribution in [0.2, 0.25) is 0 Å². The molecule has 22 heavy (non-hydrogen) atoms. The first-order chi connectivity index (χ1) is 9.90. The third-order valence-electron chi connectivity index (χ3n) is 2.59. The van der Waals surface area contributed by atoms with E-state index in [0.29, 0.717) is 6.07 Å². The van der Waals surface area contributed by atoms with E-state index in [1.165, 1.54) is 0 Å². The molecule has 0 aliphatic rings. The average Bonchev–Trinajstić information content (AvgIpc) is 2.32. The van der Waals surface area contributed by atoms with Crippen molar-refractivity contribution in [3.05, 3.63) is 35.1 Å². The lowest BCUT2D eigenvalue weighted by molar-refractivity contribution is -0.138. The Balaban J connectivity index is 2.82. The van der Waals surface area contributed by atoms with Crippen molar-refractivity contribution in [2.45, 2.75) is 38.6 Å². The van der Waals surface area contributed by atoms with E-state index in [2.05, 4.69) is 5.32 Å². The van der Waals surface area contributed by atoms with Crippen LogP contribution in [-0.4, -0.2) is 18.2 Å². The molecule has 0 aromatic heterocycles. The largest absolute Gasteiger partial charge is 0.444 e. The third kappa shape index (κ3) is 5.51. The number of hydrogen-bond acceptors (Lipinski definition) is 3. The lowest BCUT2D eigenvalue weighted by atomic mass is 10.00. The first-order valence-electron chi connectivity index (χ1n) is 6.49. The minimum absolute atomic E-state index is 0.274. The number of rotatable bonds is 3. The number of alkyl halides is 3. The molecule has 1 aromatic carbocycles. The molecule has 124 valence electrons. The Morgan fingerprint density at radius 2 is 1.91 bits per heavy atom. The van der Waals surface area contributed by atoms with Crippen molar-refractivity contribution in [1.29, 1.82) is 0 Å². The van der Waals surface area contributed by atoms with Crippen molar-refractivity contribution in [3.63, 3.8) is 0 Å². The van der Waals surface area contributed by atoms with Crippen molar-refractivity contribution >= 4 is 6.09 Å². The van der Waals surface area contributed by atoms with E-state index in [0.717, 1.165) is 12.1 Å². The summed E-state index contributed by atoms with van der Waals surface area (Å²) >= 11 is 0. The van der Waals surface area contributed by atoms with Gasteiger partial charge in [-0.25, -0.2) is 9.18 Å². The van der Waals surface area contributed by atoms with Gasteiger partial charge in [-0.2, -0.15) is 13.2 Å². The van der Waals surface area contributed by atoms with Gasteiger partial charge in [0.25, 0.3) is 0 Å². The van der Waals surface area contributed by atoms with Crippen LogP contribution < -0.4 is 11.1 Å². The van der Waals surface area contributed by atoms with Gasteiger partial charge in [0.2, 0.25) is 0 Å². The Morgan fingerprint density at radius 1 is 1.32 bits per heavy atom. The van der Waals surface area contributed by atoms with Crippen LogP contribution in [0.5, 0.6) is 0 Å². The Bertz CT molecular complexity index is 539. The van der Waals surface area contributed by atoms with Gasteiger partial charge >= 0.3 is 12.3 Å². The van der Waals surface area contributed by atoms with Crippen LogP contribution >= 0.6 is 0 Å². The molecule has 4 nitrogen and oxygen atoms in total. The molecule has 0 bridgehead atoms. The van der Waals surface area contributed by atoms with Crippen molar-refractivity contribution < 1.29 is 27.1 Å². The maximum atomic E-state index is 13.0. The number of benzene rings is 1. The number of alkyl carbamates (subject to hydrolysis) is 1. The maximum Gasteiger partial charge on any atom is 0.416 e. The summed E-state index contributed by atoms with van der Waals surface area (Å²) in [5, 5.41) is 2.28. The van der Waals surface area contributed by atoms with Gasteiger partial charge in [0.1, 0.15) is 11.4 Å². The number of nitrogens with one attached hydrogen (secondary N) is 1. The quantitative estimate of drug-likeness (QED) is 0.839. The topological polar surface area (TPSA) is 64.3 Å². The minimum Gasteiger partial charge on any atom is -0.444 e.